The van der Waals surface area contributed by atoms with Gasteiger partial charge in [-0.3, -0.25) is 14.5 Å². The van der Waals surface area contributed by atoms with E-state index in [-0.39, 0.29) is 17.7 Å². The van der Waals surface area contributed by atoms with Gasteiger partial charge in [-0.25, -0.2) is 4.98 Å². The standard InChI is InChI=1S/C20H26N4O2S/c1-14(2)17(22-18(25)15-8-4-3-5-9-15)19(26)23-20-21-16(13-27-20)12-24-10-6-7-11-24/h3-5,8-9,13-14,17H,6-7,10-12H2,1-2H3,(H,22,25)(H,21,23,26)/t17-/m1/s1. The number of thiazole rings is 1. The zero-order valence-corrected chi connectivity index (χ0v) is 16.6. The fourth-order valence-electron chi connectivity index (χ4n) is 3.14. The highest BCUT2D eigenvalue weighted by molar-refractivity contribution is 7.13. The number of carbonyl (C=O) groups excluding carboxylic acids is 2. The summed E-state index contributed by atoms with van der Waals surface area (Å²) in [6.07, 6.45) is 2.48. The Kier molecular flexibility index (Phi) is 6.58. The van der Waals surface area contributed by atoms with Gasteiger partial charge in [0.15, 0.2) is 5.13 Å². The molecule has 1 atom stereocenters. The Bertz CT molecular complexity index is 769. The summed E-state index contributed by atoms with van der Waals surface area (Å²) in [6.45, 7) is 6.87. The molecule has 2 amide bonds. The Morgan fingerprint density at radius 2 is 1.89 bits per heavy atom. The quantitative estimate of drug-likeness (QED) is 0.767. The second-order valence-corrected chi connectivity index (χ2v) is 8.04. The van der Waals surface area contributed by atoms with E-state index >= 15 is 0 Å². The van der Waals surface area contributed by atoms with Crippen molar-refractivity contribution in [2.24, 2.45) is 5.92 Å². The minimum absolute atomic E-state index is 0.0401. The zero-order chi connectivity index (χ0) is 19.2. The van der Waals surface area contributed by atoms with Crippen LogP contribution in [0.15, 0.2) is 35.7 Å². The first kappa shape index (κ1) is 19.5. The van der Waals surface area contributed by atoms with Crippen molar-refractivity contribution in [3.05, 3.63) is 47.0 Å². The maximum absolute atomic E-state index is 12.7. The number of anilines is 1. The molecule has 1 aromatic carbocycles. The number of nitrogens with one attached hydrogen (secondary N) is 2. The number of aromatic nitrogens is 1. The minimum Gasteiger partial charge on any atom is -0.340 e. The minimum atomic E-state index is -0.622. The van der Waals surface area contributed by atoms with E-state index < -0.39 is 6.04 Å². The number of hydrogen-bond acceptors (Lipinski definition) is 5. The molecule has 3 rings (SSSR count). The van der Waals surface area contributed by atoms with Crippen LogP contribution in [0, 0.1) is 5.92 Å². The van der Waals surface area contributed by atoms with Gasteiger partial charge < -0.3 is 10.6 Å². The Labute approximate surface area is 164 Å². The van der Waals surface area contributed by atoms with Gasteiger partial charge in [-0.05, 0) is 44.0 Å². The molecule has 1 aliphatic rings. The van der Waals surface area contributed by atoms with E-state index in [4.69, 9.17) is 0 Å². The van der Waals surface area contributed by atoms with Crippen LogP contribution in [0.3, 0.4) is 0 Å². The molecule has 7 heteroatoms. The molecule has 6 nitrogen and oxygen atoms in total. The average molecular weight is 387 g/mol. The second-order valence-electron chi connectivity index (χ2n) is 7.18. The van der Waals surface area contributed by atoms with Crippen molar-refractivity contribution in [3.63, 3.8) is 0 Å². The van der Waals surface area contributed by atoms with E-state index in [2.05, 4.69) is 20.5 Å². The number of rotatable bonds is 7. The molecule has 0 aliphatic carbocycles. The molecule has 0 spiro atoms. The largest absolute Gasteiger partial charge is 0.340 e. The van der Waals surface area contributed by atoms with Crippen LogP contribution in [0.2, 0.25) is 0 Å². The first-order valence-corrected chi connectivity index (χ1v) is 10.2. The highest BCUT2D eigenvalue weighted by Crippen LogP contribution is 2.19. The van der Waals surface area contributed by atoms with E-state index in [0.29, 0.717) is 10.7 Å². The Hall–Kier alpha value is -2.25. The molecule has 1 aliphatic heterocycles. The third-order valence-corrected chi connectivity index (χ3v) is 5.44. The molecule has 0 bridgehead atoms. The van der Waals surface area contributed by atoms with Gasteiger partial charge in [0.1, 0.15) is 6.04 Å². The molecule has 0 unspecified atom stereocenters. The van der Waals surface area contributed by atoms with E-state index in [1.165, 1.54) is 24.2 Å². The maximum Gasteiger partial charge on any atom is 0.251 e. The summed E-state index contributed by atoms with van der Waals surface area (Å²) in [6, 6.07) is 8.30. The van der Waals surface area contributed by atoms with Gasteiger partial charge in [-0.1, -0.05) is 32.0 Å². The summed E-state index contributed by atoms with van der Waals surface area (Å²) in [5.41, 5.74) is 1.52. The van der Waals surface area contributed by atoms with Crippen LogP contribution in [0.1, 0.15) is 42.7 Å². The van der Waals surface area contributed by atoms with E-state index in [9.17, 15) is 9.59 Å². The number of amides is 2. The van der Waals surface area contributed by atoms with Gasteiger partial charge in [0.2, 0.25) is 5.91 Å². The van der Waals surface area contributed by atoms with Crippen LogP contribution in [0.25, 0.3) is 0 Å². The summed E-state index contributed by atoms with van der Waals surface area (Å²) in [4.78, 5) is 32.0. The molecular weight excluding hydrogens is 360 g/mol. The lowest BCUT2D eigenvalue weighted by atomic mass is 10.0. The molecule has 0 saturated carbocycles. The van der Waals surface area contributed by atoms with Crippen LogP contribution >= 0.6 is 11.3 Å². The van der Waals surface area contributed by atoms with Crippen molar-refractivity contribution in [2.45, 2.75) is 39.3 Å². The van der Waals surface area contributed by atoms with Crippen molar-refractivity contribution in [1.29, 1.82) is 0 Å². The smallest absolute Gasteiger partial charge is 0.251 e. The van der Waals surface area contributed by atoms with Gasteiger partial charge in [0.25, 0.3) is 5.91 Å². The molecule has 2 heterocycles. The van der Waals surface area contributed by atoms with Crippen molar-refractivity contribution in [1.82, 2.24) is 15.2 Å². The summed E-state index contributed by atoms with van der Waals surface area (Å²) >= 11 is 1.42. The van der Waals surface area contributed by atoms with Crippen LogP contribution in [0.4, 0.5) is 5.13 Å². The lowest BCUT2D eigenvalue weighted by Gasteiger charge is -2.21. The Balaban J connectivity index is 1.60. The molecule has 1 saturated heterocycles. The molecular formula is C20H26N4O2S. The third kappa shape index (κ3) is 5.37. The fourth-order valence-corrected chi connectivity index (χ4v) is 3.84. The number of carbonyl (C=O) groups is 2. The van der Waals surface area contributed by atoms with Crippen LogP contribution in [0.5, 0.6) is 0 Å². The lowest BCUT2D eigenvalue weighted by Crippen LogP contribution is -2.47. The number of benzene rings is 1. The zero-order valence-electron chi connectivity index (χ0n) is 15.8. The van der Waals surface area contributed by atoms with Crippen molar-refractivity contribution < 1.29 is 9.59 Å². The molecule has 2 N–H and O–H groups in total. The summed E-state index contributed by atoms with van der Waals surface area (Å²) in [7, 11) is 0. The molecule has 0 radical (unpaired) electrons. The van der Waals surface area contributed by atoms with E-state index in [1.807, 2.05) is 25.3 Å². The van der Waals surface area contributed by atoms with Gasteiger partial charge in [0, 0.05) is 17.5 Å². The first-order valence-electron chi connectivity index (χ1n) is 9.36. The predicted octanol–water partition coefficient (Wildman–Crippen LogP) is 3.13. The highest BCUT2D eigenvalue weighted by atomic mass is 32.1. The number of likely N-dealkylation sites (tertiary alicyclic amines) is 1. The summed E-state index contributed by atoms with van der Waals surface area (Å²) in [5.74, 6) is -0.531. The Morgan fingerprint density at radius 3 is 2.56 bits per heavy atom. The molecule has 2 aromatic rings. The highest BCUT2D eigenvalue weighted by Gasteiger charge is 2.25. The Morgan fingerprint density at radius 1 is 1.19 bits per heavy atom. The SMILES string of the molecule is CC(C)[C@@H](NC(=O)c1ccccc1)C(=O)Nc1nc(CN2CCCC2)cs1. The van der Waals surface area contributed by atoms with Crippen LogP contribution in [-0.4, -0.2) is 40.8 Å². The molecule has 1 fully saturated rings. The van der Waals surface area contributed by atoms with E-state index in [1.54, 1.807) is 24.3 Å². The van der Waals surface area contributed by atoms with Crippen LogP contribution in [-0.2, 0) is 11.3 Å². The van der Waals surface area contributed by atoms with Crippen LogP contribution < -0.4 is 10.6 Å². The van der Waals surface area contributed by atoms with Gasteiger partial charge in [-0.15, -0.1) is 11.3 Å². The van der Waals surface area contributed by atoms with E-state index in [0.717, 1.165) is 25.3 Å². The van der Waals surface area contributed by atoms with Crippen molar-refractivity contribution >= 4 is 28.3 Å². The number of hydrogen-bond donors (Lipinski definition) is 2. The molecule has 144 valence electrons. The number of nitrogens with zero attached hydrogens (tertiary/aromatic N) is 2. The van der Waals surface area contributed by atoms with Gasteiger partial charge >= 0.3 is 0 Å². The fraction of sp³-hybridized carbons (Fsp3) is 0.450. The maximum atomic E-state index is 12.7. The van der Waals surface area contributed by atoms with Crippen molar-refractivity contribution in [3.8, 4) is 0 Å². The normalized spacial score (nSPS) is 15.7. The third-order valence-electron chi connectivity index (χ3n) is 4.64. The topological polar surface area (TPSA) is 74.3 Å². The molecule has 27 heavy (non-hydrogen) atoms. The van der Waals surface area contributed by atoms with Crippen molar-refractivity contribution in [2.75, 3.05) is 18.4 Å². The summed E-state index contributed by atoms with van der Waals surface area (Å²) in [5, 5.41) is 8.26. The lowest BCUT2D eigenvalue weighted by molar-refractivity contribution is -0.118. The monoisotopic (exact) mass is 386 g/mol. The summed E-state index contributed by atoms with van der Waals surface area (Å²) < 4.78 is 0. The van der Waals surface area contributed by atoms with Gasteiger partial charge in [0.05, 0.1) is 5.69 Å². The second kappa shape index (κ2) is 9.10. The molecule has 1 aromatic heterocycles. The first-order chi connectivity index (χ1) is 13.0. The predicted molar refractivity (Wildman–Crippen MR) is 108 cm³/mol. The average Bonchev–Trinajstić information content (AvgIpc) is 3.32. The van der Waals surface area contributed by atoms with Gasteiger partial charge in [-0.2, -0.15) is 0 Å².